The molecule has 0 aliphatic carbocycles. The van der Waals surface area contributed by atoms with Crippen molar-refractivity contribution < 1.29 is 45.8 Å². The molecular formula is C20H24BF2N10O8P2S-. The van der Waals surface area contributed by atoms with Crippen LogP contribution in [0.2, 0.25) is 0 Å². The second-order valence-corrected chi connectivity index (χ2v) is 13.3. The highest BCUT2D eigenvalue weighted by Crippen LogP contribution is 2.54. The number of nitrogens with zero attached hydrogens (tertiary/aromatic N) is 8. The van der Waals surface area contributed by atoms with Crippen molar-refractivity contribution in [3.63, 3.8) is 0 Å². The molecule has 3 saturated heterocycles. The second kappa shape index (κ2) is 10.9. The number of rotatable bonds is 2. The lowest BCUT2D eigenvalue weighted by atomic mass is 10.1. The average Bonchev–Trinajstić information content (AvgIpc) is 3.73. The normalized spacial score (nSPS) is 38.3. The Bertz CT molecular complexity index is 1710. The van der Waals surface area contributed by atoms with E-state index < -0.39 is 84.2 Å². The van der Waals surface area contributed by atoms with Crippen LogP contribution in [-0.2, 0) is 43.9 Å². The van der Waals surface area contributed by atoms with Crippen molar-refractivity contribution in [2.24, 2.45) is 0 Å². The van der Waals surface area contributed by atoms with Crippen LogP contribution in [0.5, 0.6) is 0 Å². The van der Waals surface area contributed by atoms with E-state index >= 15 is 8.78 Å². The lowest BCUT2D eigenvalue weighted by molar-refractivity contribution is -0.0566. The number of ether oxygens (including phenoxy) is 2. The molecule has 0 bridgehead atoms. The van der Waals surface area contributed by atoms with Crippen LogP contribution < -0.4 is 11.5 Å². The van der Waals surface area contributed by atoms with Crippen LogP contribution in [0.3, 0.4) is 0 Å². The standard InChI is InChI=1S/C20H24BF2N10O8P2S/c21-42(34)36-1-7-14(10(23)20(38-7)33-6-31-12-16(25)27-4-29-18(12)33)41-43(35,44)37-2-8-13(40-42)9(22)19(39-8)32-5-30-11-15(24)26-3-28-17(11)32/h3-10,13-14,19-20H,1-2H2,21H3,(H,35,44)(H2,24,26,28)(H2,25,27,29)/q-1/t7-,8?,9-,10-,13-,14-,19-,20-,42?,43?/m1/s1. The molecule has 44 heavy (non-hydrogen) atoms. The van der Waals surface area contributed by atoms with Crippen molar-refractivity contribution in [3.05, 3.63) is 25.3 Å². The van der Waals surface area contributed by atoms with Crippen LogP contribution in [0, 0.1) is 0 Å². The quantitative estimate of drug-likeness (QED) is 0.185. The Balaban J connectivity index is 1.17. The third kappa shape index (κ3) is 5.18. The summed E-state index contributed by atoms with van der Waals surface area (Å²) in [5.74, 6) is 0.152. The fraction of sp³-hybridized carbons (Fsp3) is 0.500. The van der Waals surface area contributed by atoms with Crippen LogP contribution in [0.25, 0.3) is 22.3 Å². The molecule has 3 aliphatic rings. The number of anilines is 2. The van der Waals surface area contributed by atoms with Gasteiger partial charge in [0.2, 0.25) is 0 Å². The lowest BCUT2D eigenvalue weighted by Crippen LogP contribution is -2.37. The molecule has 7 rings (SSSR count). The monoisotopic (exact) mass is 675 g/mol. The van der Waals surface area contributed by atoms with Crippen molar-refractivity contribution >= 4 is 67.5 Å². The van der Waals surface area contributed by atoms with E-state index in [1.807, 2.05) is 0 Å². The third-order valence-corrected chi connectivity index (χ3v) is 9.40. The predicted octanol–water partition coefficient (Wildman–Crippen LogP) is -0.191. The number of aromatic nitrogens is 8. The summed E-state index contributed by atoms with van der Waals surface area (Å²) in [5, 5.41) is 0. The van der Waals surface area contributed by atoms with E-state index in [2.05, 4.69) is 29.9 Å². The molecule has 3 unspecified atom stereocenters. The molecule has 0 radical (unpaired) electrons. The first kappa shape index (κ1) is 29.9. The average molecular weight is 675 g/mol. The molecule has 4 aromatic rings. The van der Waals surface area contributed by atoms with Gasteiger partial charge in [0.15, 0.2) is 47.7 Å². The van der Waals surface area contributed by atoms with E-state index in [0.717, 1.165) is 0 Å². The van der Waals surface area contributed by atoms with E-state index in [0.29, 0.717) is 0 Å². The van der Waals surface area contributed by atoms with Crippen LogP contribution >= 0.6 is 14.2 Å². The first-order chi connectivity index (χ1) is 20.9. The van der Waals surface area contributed by atoms with Gasteiger partial charge in [-0.1, -0.05) is 0 Å². The zero-order chi connectivity index (χ0) is 31.0. The van der Waals surface area contributed by atoms with Crippen molar-refractivity contribution in [1.29, 1.82) is 0 Å². The lowest BCUT2D eigenvalue weighted by Gasteiger charge is -2.31. The van der Waals surface area contributed by atoms with Crippen LogP contribution in [0.15, 0.2) is 25.3 Å². The molecule has 10 atom stereocenters. The molecule has 5 N–H and O–H groups in total. The molecule has 3 aliphatic heterocycles. The predicted molar refractivity (Wildman–Crippen MR) is 153 cm³/mol. The molecular weight excluding hydrogens is 651 g/mol. The topological polar surface area (TPSA) is 232 Å². The van der Waals surface area contributed by atoms with Gasteiger partial charge < -0.3 is 44.0 Å². The Morgan fingerprint density at radius 3 is 1.84 bits per heavy atom. The van der Waals surface area contributed by atoms with E-state index in [1.165, 1.54) is 34.4 Å². The van der Waals surface area contributed by atoms with E-state index in [9.17, 15) is 9.46 Å². The molecule has 0 amide bonds. The number of halogens is 2. The van der Waals surface area contributed by atoms with Gasteiger partial charge in [-0.15, -0.1) is 0 Å². The molecule has 18 nitrogen and oxygen atoms in total. The molecule has 236 valence electrons. The SMILES string of the molecule is [BH3-]P1(=O)OC[C@H]2O[C@@H](n3cnc4c(N)ncnc43)[C@H](F)[C@@H]2OP(O)(=S)OCC2O[C@@H](n3cnc4c(N)ncnc43)[C@H](F)[C@@H]2O1. The van der Waals surface area contributed by atoms with E-state index in [-0.39, 0.29) is 34.0 Å². The Labute approximate surface area is 251 Å². The Kier molecular flexibility index (Phi) is 7.43. The fourth-order valence-corrected chi connectivity index (χ4v) is 7.30. The summed E-state index contributed by atoms with van der Waals surface area (Å²) in [7, 11) is -5.06. The number of nitrogen functional groups attached to an aromatic ring is 2. The first-order valence-electron chi connectivity index (χ1n) is 12.5. The van der Waals surface area contributed by atoms with Crippen molar-refractivity contribution in [2.75, 3.05) is 24.7 Å². The Hall–Kier alpha value is -2.78. The number of alkyl halides is 2. The number of imidazole rings is 2. The molecule has 4 aromatic heterocycles. The molecule has 0 spiro atoms. The Morgan fingerprint density at radius 2 is 1.32 bits per heavy atom. The van der Waals surface area contributed by atoms with Crippen molar-refractivity contribution in [1.82, 2.24) is 39.0 Å². The summed E-state index contributed by atoms with van der Waals surface area (Å²) in [6.45, 7) is -5.27. The minimum atomic E-state index is -4.21. The highest BCUT2D eigenvalue weighted by molar-refractivity contribution is 8.07. The summed E-state index contributed by atoms with van der Waals surface area (Å²) < 4.78 is 82.5. The van der Waals surface area contributed by atoms with Crippen molar-refractivity contribution in [3.8, 4) is 0 Å². The highest BCUT2D eigenvalue weighted by Gasteiger charge is 2.53. The fourth-order valence-electron chi connectivity index (χ4n) is 5.08. The van der Waals surface area contributed by atoms with E-state index in [1.54, 1.807) is 0 Å². The van der Waals surface area contributed by atoms with Gasteiger partial charge in [-0.05, 0) is 11.8 Å². The number of hydrogen-bond acceptors (Lipinski definition) is 16. The summed E-state index contributed by atoms with van der Waals surface area (Å²) >= 11 is 5.18. The van der Waals surface area contributed by atoms with Gasteiger partial charge >= 0.3 is 6.72 Å². The molecule has 3 fully saturated rings. The smallest absolute Gasteiger partial charge is 0.325 e. The summed E-state index contributed by atoms with van der Waals surface area (Å²) in [6, 6.07) is 0. The number of fused-ring (bicyclic) bond motifs is 4. The van der Waals surface area contributed by atoms with Gasteiger partial charge in [-0.25, -0.2) is 38.7 Å². The molecule has 0 saturated carbocycles. The largest absolute Gasteiger partial charge is 0.382 e. The zero-order valence-electron chi connectivity index (χ0n) is 21.4. The van der Waals surface area contributed by atoms with Gasteiger partial charge in [0.1, 0.15) is 55.6 Å². The minimum absolute atomic E-state index is 0.0743. The van der Waals surface area contributed by atoms with Gasteiger partial charge in [-0.3, -0.25) is 13.7 Å². The van der Waals surface area contributed by atoms with Crippen molar-refractivity contribution in [2.45, 2.75) is 49.2 Å². The van der Waals surface area contributed by atoms with Crippen LogP contribution in [0.1, 0.15) is 12.5 Å². The van der Waals surface area contributed by atoms with Crippen LogP contribution in [0.4, 0.5) is 20.4 Å². The summed E-state index contributed by atoms with van der Waals surface area (Å²) in [6.07, 6.45) is -7.21. The van der Waals surface area contributed by atoms with Gasteiger partial charge in [0.25, 0.3) is 0 Å². The maximum atomic E-state index is 16.0. The van der Waals surface area contributed by atoms with Gasteiger partial charge in [-0.2, -0.15) is 0 Å². The third-order valence-electron chi connectivity index (χ3n) is 7.07. The second-order valence-electron chi connectivity index (χ2n) is 9.61. The maximum Gasteiger partial charge on any atom is 0.325 e. The summed E-state index contributed by atoms with van der Waals surface area (Å²) in [4.78, 5) is 35.1. The van der Waals surface area contributed by atoms with Gasteiger partial charge in [0.05, 0.1) is 33.4 Å². The van der Waals surface area contributed by atoms with E-state index in [4.69, 9.17) is 50.8 Å². The van der Waals surface area contributed by atoms with Gasteiger partial charge in [0, 0.05) is 0 Å². The minimum Gasteiger partial charge on any atom is -0.382 e. The zero-order valence-corrected chi connectivity index (χ0v) is 24.0. The first-order valence-corrected chi connectivity index (χ1v) is 16.2. The number of nitrogens with two attached hydrogens (primary N) is 2. The molecule has 7 heterocycles. The number of hydrogen-bond donors (Lipinski definition) is 3. The molecule has 0 aromatic carbocycles. The van der Waals surface area contributed by atoms with Crippen LogP contribution in [-0.4, -0.2) is 101 Å². The molecule has 24 heteroatoms. The Morgan fingerprint density at radius 1 is 0.841 bits per heavy atom. The maximum absolute atomic E-state index is 16.0. The summed E-state index contributed by atoms with van der Waals surface area (Å²) in [5.41, 5.74) is 12.5. The highest BCUT2D eigenvalue weighted by atomic mass is 32.5.